The van der Waals surface area contributed by atoms with Gasteiger partial charge < -0.3 is 19.8 Å². The van der Waals surface area contributed by atoms with E-state index in [0.29, 0.717) is 23.8 Å². The van der Waals surface area contributed by atoms with Gasteiger partial charge in [0.25, 0.3) is 0 Å². The summed E-state index contributed by atoms with van der Waals surface area (Å²) in [6.07, 6.45) is 16.3. The predicted octanol–water partition coefficient (Wildman–Crippen LogP) is 3.05. The number of fused-ring (bicyclic) bond motifs is 8. The number of allylic oxidation sites excluding steroid dienone is 4. The molecule has 0 bridgehead atoms. The van der Waals surface area contributed by atoms with Crippen molar-refractivity contribution in [1.29, 1.82) is 0 Å². The summed E-state index contributed by atoms with van der Waals surface area (Å²) >= 11 is 0. The largest absolute Gasteiger partial charge is 0.488 e. The normalized spacial score (nSPS) is 35.3. The predicted molar refractivity (Wildman–Crippen MR) is 117 cm³/mol. The maximum absolute atomic E-state index is 6.59. The van der Waals surface area contributed by atoms with Crippen LogP contribution in [-0.2, 0) is 15.9 Å². The number of nitrogens with zero attached hydrogens (tertiary/aromatic N) is 1. The van der Waals surface area contributed by atoms with Crippen LogP contribution in [0.15, 0.2) is 36.1 Å². The first-order chi connectivity index (χ1) is 14.9. The second-order valence-electron chi connectivity index (χ2n) is 9.54. The molecular formula is C25H29N3O2. The highest BCUT2D eigenvalue weighted by Gasteiger charge is 2.47. The fourth-order valence-corrected chi connectivity index (χ4v) is 6.15. The molecule has 0 radical (unpaired) electrons. The van der Waals surface area contributed by atoms with Crippen molar-refractivity contribution < 1.29 is 9.47 Å². The van der Waals surface area contributed by atoms with E-state index in [2.05, 4.69) is 51.7 Å². The Morgan fingerprint density at radius 1 is 1.10 bits per heavy atom. The Labute approximate surface area is 177 Å². The van der Waals surface area contributed by atoms with Crippen molar-refractivity contribution in [1.82, 2.24) is 15.2 Å². The SMILES string of the molecule is C1=CC2NC3=C(OCCN4CCOCC4)c4[nH]c5c(c4CC3C2C=C1)C=CC1CC51. The Morgan fingerprint density at radius 2 is 2.00 bits per heavy atom. The van der Waals surface area contributed by atoms with Gasteiger partial charge in [-0.25, -0.2) is 0 Å². The molecule has 5 atom stereocenters. The van der Waals surface area contributed by atoms with Gasteiger partial charge in [-0.3, -0.25) is 4.90 Å². The smallest absolute Gasteiger partial charge is 0.162 e. The van der Waals surface area contributed by atoms with Crippen molar-refractivity contribution in [3.8, 4) is 0 Å². The van der Waals surface area contributed by atoms with E-state index in [-0.39, 0.29) is 0 Å². The molecule has 5 unspecified atom stereocenters. The second-order valence-corrected chi connectivity index (χ2v) is 9.54. The van der Waals surface area contributed by atoms with Gasteiger partial charge in [-0.05, 0) is 29.9 Å². The number of aromatic amines is 1. The van der Waals surface area contributed by atoms with Crippen molar-refractivity contribution in [3.63, 3.8) is 0 Å². The average molecular weight is 404 g/mol. The van der Waals surface area contributed by atoms with Gasteiger partial charge in [-0.15, -0.1) is 0 Å². The number of hydrogen-bond acceptors (Lipinski definition) is 4. The van der Waals surface area contributed by atoms with E-state index in [1.807, 2.05) is 0 Å². The van der Waals surface area contributed by atoms with Crippen molar-refractivity contribution in [2.45, 2.75) is 24.8 Å². The Kier molecular flexibility index (Phi) is 3.85. The Balaban J connectivity index is 1.23. The molecule has 6 aliphatic rings. The molecule has 5 heteroatoms. The van der Waals surface area contributed by atoms with Crippen molar-refractivity contribution in [2.24, 2.45) is 17.8 Å². The number of H-pyrrole nitrogens is 1. The highest BCUT2D eigenvalue weighted by Crippen LogP contribution is 2.55. The number of morpholine rings is 1. The zero-order valence-electron chi connectivity index (χ0n) is 17.3. The molecule has 5 nitrogen and oxygen atoms in total. The molecule has 1 aromatic rings. The second kappa shape index (κ2) is 6.63. The van der Waals surface area contributed by atoms with E-state index in [4.69, 9.17) is 9.47 Å². The molecule has 0 amide bonds. The van der Waals surface area contributed by atoms with Gasteiger partial charge in [0.15, 0.2) is 5.76 Å². The van der Waals surface area contributed by atoms with E-state index in [1.54, 1.807) is 0 Å². The lowest BCUT2D eigenvalue weighted by Crippen LogP contribution is -2.38. The molecular weight excluding hydrogens is 374 g/mol. The Morgan fingerprint density at radius 3 is 2.93 bits per heavy atom. The van der Waals surface area contributed by atoms with Gasteiger partial charge in [0, 0.05) is 43.1 Å². The fourth-order valence-electron chi connectivity index (χ4n) is 6.15. The van der Waals surface area contributed by atoms with E-state index in [0.717, 1.165) is 57.6 Å². The van der Waals surface area contributed by atoms with E-state index >= 15 is 0 Å². The summed E-state index contributed by atoms with van der Waals surface area (Å²) in [6.45, 7) is 5.36. The van der Waals surface area contributed by atoms with Crippen molar-refractivity contribution in [2.75, 3.05) is 39.5 Å². The lowest BCUT2D eigenvalue weighted by atomic mass is 9.78. The molecule has 0 spiro atoms. The molecule has 30 heavy (non-hydrogen) atoms. The summed E-state index contributed by atoms with van der Waals surface area (Å²) in [7, 11) is 0. The van der Waals surface area contributed by atoms with Crippen LogP contribution in [0.5, 0.6) is 0 Å². The third kappa shape index (κ3) is 2.61. The highest BCUT2D eigenvalue weighted by molar-refractivity contribution is 5.76. The first-order valence-corrected chi connectivity index (χ1v) is 11.6. The van der Waals surface area contributed by atoms with Gasteiger partial charge in [0.05, 0.1) is 30.6 Å². The minimum Gasteiger partial charge on any atom is -0.488 e. The van der Waals surface area contributed by atoms with E-state index < -0.39 is 0 Å². The van der Waals surface area contributed by atoms with Gasteiger partial charge in [0.2, 0.25) is 0 Å². The maximum atomic E-state index is 6.59. The van der Waals surface area contributed by atoms with Crippen LogP contribution in [0, 0.1) is 17.8 Å². The Bertz CT molecular complexity index is 994. The standard InChI is InChI=1S/C25H29N3O2/c1-2-4-21-16(3-1)19-14-20-17-6-5-15-13-18(15)22(17)27-24(20)25(23(19)26-21)30-12-9-28-7-10-29-11-8-28/h1-6,15-16,18-19,21,26-27H,7-14H2. The van der Waals surface area contributed by atoms with Gasteiger partial charge >= 0.3 is 0 Å². The van der Waals surface area contributed by atoms with Crippen LogP contribution in [-0.4, -0.2) is 55.4 Å². The lowest BCUT2D eigenvalue weighted by Gasteiger charge is -2.29. The zero-order valence-corrected chi connectivity index (χ0v) is 17.3. The van der Waals surface area contributed by atoms with Crippen LogP contribution in [0.2, 0.25) is 0 Å². The molecule has 2 N–H and O–H groups in total. The Hall–Kier alpha value is -2.24. The van der Waals surface area contributed by atoms with Crippen molar-refractivity contribution in [3.05, 3.63) is 58.6 Å². The summed E-state index contributed by atoms with van der Waals surface area (Å²) in [4.78, 5) is 6.28. The summed E-state index contributed by atoms with van der Waals surface area (Å²) < 4.78 is 12.1. The quantitative estimate of drug-likeness (QED) is 0.811. The molecule has 1 saturated carbocycles. The molecule has 156 valence electrons. The van der Waals surface area contributed by atoms with Gasteiger partial charge in [-0.1, -0.05) is 36.5 Å². The molecule has 3 heterocycles. The topological polar surface area (TPSA) is 49.5 Å². The number of aromatic nitrogens is 1. The van der Waals surface area contributed by atoms with Crippen LogP contribution in [0.1, 0.15) is 34.9 Å². The first-order valence-electron chi connectivity index (χ1n) is 11.6. The molecule has 4 aliphatic carbocycles. The minimum atomic E-state index is 0.385. The molecule has 2 aliphatic heterocycles. The molecule has 3 fully saturated rings. The van der Waals surface area contributed by atoms with Gasteiger partial charge in [0.1, 0.15) is 6.61 Å². The van der Waals surface area contributed by atoms with Crippen LogP contribution in [0.3, 0.4) is 0 Å². The third-order valence-corrected chi connectivity index (χ3v) is 7.89. The van der Waals surface area contributed by atoms with Crippen LogP contribution in [0.4, 0.5) is 0 Å². The third-order valence-electron chi connectivity index (χ3n) is 7.89. The lowest BCUT2D eigenvalue weighted by molar-refractivity contribution is 0.0303. The van der Waals surface area contributed by atoms with Crippen LogP contribution < -0.4 is 5.32 Å². The zero-order chi connectivity index (χ0) is 19.7. The van der Waals surface area contributed by atoms with Crippen LogP contribution >= 0.6 is 0 Å². The maximum Gasteiger partial charge on any atom is 0.162 e. The summed E-state index contributed by atoms with van der Waals surface area (Å²) in [5.74, 6) is 3.53. The van der Waals surface area contributed by atoms with E-state index in [9.17, 15) is 0 Å². The van der Waals surface area contributed by atoms with Crippen LogP contribution in [0.25, 0.3) is 11.8 Å². The van der Waals surface area contributed by atoms with Crippen molar-refractivity contribution >= 4 is 11.8 Å². The first kappa shape index (κ1) is 17.4. The number of rotatable bonds is 4. The average Bonchev–Trinajstić information content (AvgIpc) is 3.36. The fraction of sp³-hybridized carbons (Fsp3) is 0.520. The van der Waals surface area contributed by atoms with Gasteiger partial charge in [-0.2, -0.15) is 0 Å². The molecule has 1 aromatic heterocycles. The molecule has 0 aromatic carbocycles. The van der Waals surface area contributed by atoms with E-state index in [1.165, 1.54) is 34.6 Å². The number of hydrogen-bond donors (Lipinski definition) is 2. The molecule has 7 rings (SSSR count). The monoisotopic (exact) mass is 403 g/mol. The number of nitrogens with one attached hydrogen (secondary N) is 2. The minimum absolute atomic E-state index is 0.385. The summed E-state index contributed by atoms with van der Waals surface area (Å²) in [5.41, 5.74) is 6.94. The summed E-state index contributed by atoms with van der Waals surface area (Å²) in [5, 5.41) is 3.82. The summed E-state index contributed by atoms with van der Waals surface area (Å²) in [6, 6.07) is 0.385. The number of ether oxygens (including phenoxy) is 2. The highest BCUT2D eigenvalue weighted by atomic mass is 16.5. The molecule has 2 saturated heterocycles.